The van der Waals surface area contributed by atoms with Gasteiger partial charge in [0.25, 0.3) is 0 Å². The van der Waals surface area contributed by atoms with Gasteiger partial charge in [0, 0.05) is 16.0 Å². The molecular formula is C16H21NOS. The Morgan fingerprint density at radius 2 is 1.95 bits per heavy atom. The van der Waals surface area contributed by atoms with Gasteiger partial charge in [-0.05, 0) is 36.1 Å². The predicted molar refractivity (Wildman–Crippen MR) is 84.2 cm³/mol. The van der Waals surface area contributed by atoms with Crippen LogP contribution in [0.1, 0.15) is 37.1 Å². The quantitative estimate of drug-likeness (QED) is 0.878. The van der Waals surface area contributed by atoms with Gasteiger partial charge < -0.3 is 10.5 Å². The molecule has 0 aliphatic heterocycles. The van der Waals surface area contributed by atoms with Gasteiger partial charge in [-0.3, -0.25) is 0 Å². The van der Waals surface area contributed by atoms with E-state index in [0.29, 0.717) is 5.92 Å². The summed E-state index contributed by atoms with van der Waals surface area (Å²) in [7, 11) is 1.71. The number of thiophene rings is 1. The molecule has 19 heavy (non-hydrogen) atoms. The van der Waals surface area contributed by atoms with Crippen LogP contribution in [0.3, 0.4) is 0 Å². The van der Waals surface area contributed by atoms with Crippen molar-refractivity contribution in [3.05, 3.63) is 34.7 Å². The molecule has 0 aliphatic rings. The van der Waals surface area contributed by atoms with Crippen LogP contribution in [0, 0.1) is 0 Å². The second kappa shape index (κ2) is 5.66. The van der Waals surface area contributed by atoms with Crippen molar-refractivity contribution in [1.82, 2.24) is 0 Å². The van der Waals surface area contributed by atoms with E-state index in [4.69, 9.17) is 10.5 Å². The molecule has 0 unspecified atom stereocenters. The molecule has 0 spiro atoms. The molecule has 0 radical (unpaired) electrons. The lowest BCUT2D eigenvalue weighted by molar-refractivity contribution is 0.416. The number of aryl methyl sites for hydroxylation is 1. The van der Waals surface area contributed by atoms with E-state index in [2.05, 4.69) is 39.0 Å². The van der Waals surface area contributed by atoms with E-state index >= 15 is 0 Å². The van der Waals surface area contributed by atoms with Crippen molar-refractivity contribution in [1.29, 1.82) is 0 Å². The van der Waals surface area contributed by atoms with Crippen LogP contribution in [0.15, 0.2) is 24.3 Å². The third-order valence-electron chi connectivity index (χ3n) is 3.34. The van der Waals surface area contributed by atoms with E-state index in [1.807, 2.05) is 6.07 Å². The molecule has 3 heteroatoms. The summed E-state index contributed by atoms with van der Waals surface area (Å²) in [5.41, 5.74) is 9.66. The molecule has 0 saturated heterocycles. The molecule has 2 rings (SSSR count). The van der Waals surface area contributed by atoms with E-state index in [1.54, 1.807) is 18.4 Å². The van der Waals surface area contributed by atoms with E-state index in [-0.39, 0.29) is 0 Å². The van der Waals surface area contributed by atoms with E-state index < -0.39 is 0 Å². The monoisotopic (exact) mass is 275 g/mol. The molecule has 1 heterocycles. The summed E-state index contributed by atoms with van der Waals surface area (Å²) < 4.78 is 5.48. The zero-order chi connectivity index (χ0) is 14.0. The molecule has 102 valence electrons. The number of ether oxygens (including phenoxy) is 1. The Kier molecular flexibility index (Phi) is 4.15. The van der Waals surface area contributed by atoms with Gasteiger partial charge in [-0.1, -0.05) is 26.8 Å². The van der Waals surface area contributed by atoms with Crippen molar-refractivity contribution in [2.75, 3.05) is 12.8 Å². The number of hydrogen-bond acceptors (Lipinski definition) is 3. The Labute approximate surface area is 119 Å². The van der Waals surface area contributed by atoms with Crippen molar-refractivity contribution in [2.45, 2.75) is 33.1 Å². The van der Waals surface area contributed by atoms with Gasteiger partial charge in [-0.2, -0.15) is 0 Å². The number of benzene rings is 1. The SMILES string of the molecule is CCc1cc(-c2cc(C(C)C)ccc2OC)c(N)s1. The molecule has 0 aliphatic carbocycles. The average molecular weight is 275 g/mol. The fourth-order valence-corrected chi connectivity index (χ4v) is 3.02. The van der Waals surface area contributed by atoms with Crippen molar-refractivity contribution < 1.29 is 4.74 Å². The topological polar surface area (TPSA) is 35.2 Å². The minimum atomic E-state index is 0.496. The maximum absolute atomic E-state index is 6.16. The molecule has 0 amide bonds. The summed E-state index contributed by atoms with van der Waals surface area (Å²) >= 11 is 1.66. The molecule has 1 aromatic heterocycles. The van der Waals surface area contributed by atoms with E-state index in [9.17, 15) is 0 Å². The zero-order valence-electron chi connectivity index (χ0n) is 12.0. The van der Waals surface area contributed by atoms with Crippen LogP contribution >= 0.6 is 11.3 Å². The molecule has 0 saturated carbocycles. The highest BCUT2D eigenvalue weighted by atomic mass is 32.1. The highest BCUT2D eigenvalue weighted by Crippen LogP contribution is 2.40. The fraction of sp³-hybridized carbons (Fsp3) is 0.375. The fourth-order valence-electron chi connectivity index (χ4n) is 2.14. The van der Waals surface area contributed by atoms with E-state index in [0.717, 1.165) is 28.3 Å². The van der Waals surface area contributed by atoms with Gasteiger partial charge in [0.2, 0.25) is 0 Å². The maximum Gasteiger partial charge on any atom is 0.126 e. The lowest BCUT2D eigenvalue weighted by atomic mass is 9.97. The number of hydrogen-bond donors (Lipinski definition) is 1. The molecule has 2 nitrogen and oxygen atoms in total. The first kappa shape index (κ1) is 13.9. The average Bonchev–Trinajstić information content (AvgIpc) is 2.79. The summed E-state index contributed by atoms with van der Waals surface area (Å²) in [4.78, 5) is 1.31. The van der Waals surface area contributed by atoms with Crippen molar-refractivity contribution in [3.63, 3.8) is 0 Å². The van der Waals surface area contributed by atoms with Crippen LogP contribution in [0.4, 0.5) is 5.00 Å². The Balaban J connectivity index is 2.57. The maximum atomic E-state index is 6.16. The summed E-state index contributed by atoms with van der Waals surface area (Å²) in [6.45, 7) is 6.54. The van der Waals surface area contributed by atoms with Crippen molar-refractivity contribution >= 4 is 16.3 Å². The lowest BCUT2D eigenvalue weighted by Gasteiger charge is -2.12. The molecule has 1 aromatic carbocycles. The minimum absolute atomic E-state index is 0.496. The van der Waals surface area contributed by atoms with Gasteiger partial charge in [-0.25, -0.2) is 0 Å². The van der Waals surface area contributed by atoms with Gasteiger partial charge in [0.05, 0.1) is 12.1 Å². The van der Waals surface area contributed by atoms with Gasteiger partial charge in [0.15, 0.2) is 0 Å². The number of nitrogens with two attached hydrogens (primary N) is 1. The Morgan fingerprint density at radius 1 is 1.21 bits per heavy atom. The Hall–Kier alpha value is -1.48. The molecule has 2 N–H and O–H groups in total. The second-order valence-electron chi connectivity index (χ2n) is 4.96. The van der Waals surface area contributed by atoms with E-state index in [1.165, 1.54) is 10.4 Å². The van der Waals surface area contributed by atoms with Crippen LogP contribution < -0.4 is 10.5 Å². The second-order valence-corrected chi connectivity index (χ2v) is 6.13. The first-order valence-electron chi connectivity index (χ1n) is 6.63. The first-order chi connectivity index (χ1) is 9.06. The highest BCUT2D eigenvalue weighted by molar-refractivity contribution is 7.16. The smallest absolute Gasteiger partial charge is 0.126 e. The van der Waals surface area contributed by atoms with Crippen LogP contribution in [-0.2, 0) is 6.42 Å². The molecule has 0 fully saturated rings. The first-order valence-corrected chi connectivity index (χ1v) is 7.45. The van der Waals surface area contributed by atoms with Crippen molar-refractivity contribution in [2.24, 2.45) is 0 Å². The number of anilines is 1. The Bertz CT molecular complexity index is 572. The highest BCUT2D eigenvalue weighted by Gasteiger charge is 2.14. The summed E-state index contributed by atoms with van der Waals surface area (Å²) in [6.07, 6.45) is 1.01. The van der Waals surface area contributed by atoms with Gasteiger partial charge in [0.1, 0.15) is 5.75 Å². The molecule has 2 aromatic rings. The normalized spacial score (nSPS) is 11.0. The van der Waals surface area contributed by atoms with Crippen LogP contribution in [0.5, 0.6) is 5.75 Å². The third kappa shape index (κ3) is 2.76. The molecular weight excluding hydrogens is 254 g/mol. The standard InChI is InChI=1S/C16H21NOS/c1-5-12-9-14(16(17)19-12)13-8-11(10(2)3)6-7-15(13)18-4/h6-10H,5,17H2,1-4H3. The molecule has 0 bridgehead atoms. The summed E-state index contributed by atoms with van der Waals surface area (Å²) in [6, 6.07) is 8.53. The van der Waals surface area contributed by atoms with Crippen LogP contribution in [0.25, 0.3) is 11.1 Å². The minimum Gasteiger partial charge on any atom is -0.496 e. The lowest BCUT2D eigenvalue weighted by Crippen LogP contribution is -1.93. The van der Waals surface area contributed by atoms with Gasteiger partial charge in [-0.15, -0.1) is 11.3 Å². The Morgan fingerprint density at radius 3 is 2.47 bits per heavy atom. The number of nitrogen functional groups attached to an aromatic ring is 1. The third-order valence-corrected chi connectivity index (χ3v) is 4.45. The number of rotatable bonds is 4. The largest absolute Gasteiger partial charge is 0.496 e. The van der Waals surface area contributed by atoms with Gasteiger partial charge >= 0.3 is 0 Å². The predicted octanol–water partition coefficient (Wildman–Crippen LogP) is 4.69. The summed E-state index contributed by atoms with van der Waals surface area (Å²) in [5.74, 6) is 1.38. The van der Waals surface area contributed by atoms with Crippen LogP contribution in [0.2, 0.25) is 0 Å². The number of methoxy groups -OCH3 is 1. The van der Waals surface area contributed by atoms with Crippen LogP contribution in [-0.4, -0.2) is 7.11 Å². The molecule has 0 atom stereocenters. The zero-order valence-corrected chi connectivity index (χ0v) is 12.8. The van der Waals surface area contributed by atoms with Crippen molar-refractivity contribution in [3.8, 4) is 16.9 Å². The summed E-state index contributed by atoms with van der Waals surface area (Å²) in [5, 5.41) is 0.871.